The SMILES string of the molecule is Cc1cc(/C=C2/NC(=O)N(C)C2=O)c(C)n1-c1ccc(O)cc1. The molecule has 0 spiro atoms. The number of carbonyl (C=O) groups excluding carboxylic acids is 2. The number of aromatic nitrogens is 1. The van der Waals surface area contributed by atoms with Crippen molar-refractivity contribution in [3.63, 3.8) is 0 Å². The minimum absolute atomic E-state index is 0.209. The summed E-state index contributed by atoms with van der Waals surface area (Å²) in [6.07, 6.45) is 1.68. The van der Waals surface area contributed by atoms with E-state index in [9.17, 15) is 14.7 Å². The van der Waals surface area contributed by atoms with Gasteiger partial charge in [0, 0.05) is 24.1 Å². The molecule has 0 radical (unpaired) electrons. The summed E-state index contributed by atoms with van der Waals surface area (Å²) >= 11 is 0. The van der Waals surface area contributed by atoms with Gasteiger partial charge in [-0.1, -0.05) is 0 Å². The molecule has 118 valence electrons. The molecule has 2 aromatic rings. The van der Waals surface area contributed by atoms with Gasteiger partial charge in [-0.05, 0) is 55.8 Å². The zero-order valence-corrected chi connectivity index (χ0v) is 13.1. The molecule has 1 saturated heterocycles. The van der Waals surface area contributed by atoms with E-state index in [1.54, 1.807) is 18.2 Å². The Morgan fingerprint density at radius 1 is 1.13 bits per heavy atom. The van der Waals surface area contributed by atoms with Gasteiger partial charge in [-0.2, -0.15) is 0 Å². The quantitative estimate of drug-likeness (QED) is 0.660. The molecule has 3 amide bonds. The second-order valence-corrected chi connectivity index (χ2v) is 5.53. The van der Waals surface area contributed by atoms with Gasteiger partial charge in [0.1, 0.15) is 11.4 Å². The normalized spacial score (nSPS) is 16.3. The van der Waals surface area contributed by atoms with E-state index in [4.69, 9.17) is 0 Å². The van der Waals surface area contributed by atoms with Gasteiger partial charge in [0.25, 0.3) is 5.91 Å². The van der Waals surface area contributed by atoms with E-state index in [1.807, 2.05) is 36.6 Å². The van der Waals surface area contributed by atoms with E-state index >= 15 is 0 Å². The first kappa shape index (κ1) is 14.9. The molecule has 1 aromatic carbocycles. The Morgan fingerprint density at radius 3 is 2.35 bits per heavy atom. The molecule has 2 N–H and O–H groups in total. The number of hydrogen-bond donors (Lipinski definition) is 2. The molecular weight excluding hydrogens is 294 g/mol. The van der Waals surface area contributed by atoms with E-state index in [0.717, 1.165) is 27.5 Å². The van der Waals surface area contributed by atoms with Crippen molar-refractivity contribution in [2.75, 3.05) is 7.05 Å². The first-order valence-electron chi connectivity index (χ1n) is 7.17. The van der Waals surface area contributed by atoms with Crippen molar-refractivity contribution in [1.82, 2.24) is 14.8 Å². The fourth-order valence-electron chi connectivity index (χ4n) is 2.71. The first-order chi connectivity index (χ1) is 10.9. The smallest absolute Gasteiger partial charge is 0.328 e. The molecule has 1 aliphatic rings. The molecule has 1 aliphatic heterocycles. The van der Waals surface area contributed by atoms with Crippen molar-refractivity contribution in [3.05, 3.63) is 53.0 Å². The lowest BCUT2D eigenvalue weighted by molar-refractivity contribution is -0.121. The second kappa shape index (κ2) is 5.31. The number of hydrogen-bond acceptors (Lipinski definition) is 3. The third-order valence-electron chi connectivity index (χ3n) is 3.96. The van der Waals surface area contributed by atoms with Crippen LogP contribution in [0.15, 0.2) is 36.0 Å². The molecule has 1 aromatic heterocycles. The molecule has 23 heavy (non-hydrogen) atoms. The van der Waals surface area contributed by atoms with Crippen LogP contribution >= 0.6 is 0 Å². The largest absolute Gasteiger partial charge is 0.508 e. The Hall–Kier alpha value is -3.02. The number of carbonyl (C=O) groups is 2. The lowest BCUT2D eigenvalue weighted by Crippen LogP contribution is -2.25. The van der Waals surface area contributed by atoms with Crippen molar-refractivity contribution in [3.8, 4) is 11.4 Å². The van der Waals surface area contributed by atoms with E-state index in [1.165, 1.54) is 7.05 Å². The van der Waals surface area contributed by atoms with Crippen molar-refractivity contribution < 1.29 is 14.7 Å². The molecule has 0 bridgehead atoms. The van der Waals surface area contributed by atoms with Gasteiger partial charge >= 0.3 is 6.03 Å². The summed E-state index contributed by atoms with van der Waals surface area (Å²) in [6, 6.07) is 8.43. The predicted molar refractivity (Wildman–Crippen MR) is 86.2 cm³/mol. The minimum Gasteiger partial charge on any atom is -0.508 e. The molecule has 6 heteroatoms. The number of phenolic OH excluding ortho intramolecular Hbond substituents is 1. The highest BCUT2D eigenvalue weighted by molar-refractivity contribution is 6.13. The van der Waals surface area contributed by atoms with Crippen molar-refractivity contribution in [2.24, 2.45) is 0 Å². The number of likely N-dealkylation sites (N-methyl/N-ethyl adjacent to an activating group) is 1. The van der Waals surface area contributed by atoms with E-state index < -0.39 is 6.03 Å². The average molecular weight is 311 g/mol. The van der Waals surface area contributed by atoms with Crippen LogP contribution in [0.5, 0.6) is 5.75 Å². The number of aromatic hydroxyl groups is 1. The number of urea groups is 1. The van der Waals surface area contributed by atoms with Crippen molar-refractivity contribution >= 4 is 18.0 Å². The molecule has 0 unspecified atom stereocenters. The highest BCUT2D eigenvalue weighted by Crippen LogP contribution is 2.24. The predicted octanol–water partition coefficient (Wildman–Crippen LogP) is 2.32. The van der Waals surface area contributed by atoms with Gasteiger partial charge in [-0.25, -0.2) is 4.79 Å². The summed E-state index contributed by atoms with van der Waals surface area (Å²) in [6.45, 7) is 3.90. The third kappa shape index (κ3) is 2.48. The Balaban J connectivity index is 2.03. The number of amides is 3. The van der Waals surface area contributed by atoms with E-state index in [-0.39, 0.29) is 17.4 Å². The fraction of sp³-hybridized carbons (Fsp3) is 0.176. The number of aryl methyl sites for hydroxylation is 1. The maximum atomic E-state index is 12.0. The zero-order valence-electron chi connectivity index (χ0n) is 13.1. The van der Waals surface area contributed by atoms with Crippen LogP contribution in [0.25, 0.3) is 11.8 Å². The molecule has 1 fully saturated rings. The number of nitrogens with zero attached hydrogens (tertiary/aromatic N) is 2. The van der Waals surface area contributed by atoms with Crippen molar-refractivity contribution in [1.29, 1.82) is 0 Å². The van der Waals surface area contributed by atoms with Crippen LogP contribution < -0.4 is 5.32 Å². The molecule has 3 rings (SSSR count). The van der Waals surface area contributed by atoms with Gasteiger partial charge in [-0.15, -0.1) is 0 Å². The molecular formula is C17H17N3O3. The van der Waals surface area contributed by atoms with Gasteiger partial charge in [0.2, 0.25) is 0 Å². The fourth-order valence-corrected chi connectivity index (χ4v) is 2.71. The Kier molecular flexibility index (Phi) is 3.44. The molecule has 0 aliphatic carbocycles. The van der Waals surface area contributed by atoms with Crippen LogP contribution in [0.2, 0.25) is 0 Å². The van der Waals surface area contributed by atoms with Crippen molar-refractivity contribution in [2.45, 2.75) is 13.8 Å². The number of imide groups is 1. The van der Waals surface area contributed by atoms with E-state index in [0.29, 0.717) is 0 Å². The second-order valence-electron chi connectivity index (χ2n) is 5.53. The van der Waals surface area contributed by atoms with Gasteiger partial charge in [-0.3, -0.25) is 9.69 Å². The minimum atomic E-state index is -0.423. The average Bonchev–Trinajstić information content (AvgIpc) is 2.92. The Bertz CT molecular complexity index is 832. The molecule has 0 saturated carbocycles. The topological polar surface area (TPSA) is 74.6 Å². The Morgan fingerprint density at radius 2 is 1.78 bits per heavy atom. The van der Waals surface area contributed by atoms with Gasteiger partial charge in [0.15, 0.2) is 0 Å². The zero-order chi connectivity index (χ0) is 16.7. The van der Waals surface area contributed by atoms with Crippen LogP contribution in [0.1, 0.15) is 17.0 Å². The molecule has 6 nitrogen and oxygen atoms in total. The monoisotopic (exact) mass is 311 g/mol. The molecule has 2 heterocycles. The summed E-state index contributed by atoms with van der Waals surface area (Å²) in [5, 5.41) is 12.0. The summed E-state index contributed by atoms with van der Waals surface area (Å²) in [4.78, 5) is 24.5. The van der Waals surface area contributed by atoms with Crippen LogP contribution in [0.4, 0.5) is 4.79 Å². The highest BCUT2D eigenvalue weighted by atomic mass is 16.3. The highest BCUT2D eigenvalue weighted by Gasteiger charge is 2.30. The summed E-state index contributed by atoms with van der Waals surface area (Å²) in [7, 11) is 1.44. The standard InChI is InChI=1S/C17H17N3O3/c1-10-8-12(9-15-16(22)19(3)17(23)18-15)11(2)20(10)13-4-6-14(21)7-5-13/h4-9,21H,1-3H3,(H,18,23)/b15-9+. The third-order valence-corrected chi connectivity index (χ3v) is 3.96. The summed E-state index contributed by atoms with van der Waals surface area (Å²) in [5.41, 5.74) is 3.97. The lowest BCUT2D eigenvalue weighted by Gasteiger charge is -2.09. The van der Waals surface area contributed by atoms with Crippen LogP contribution in [0.3, 0.4) is 0 Å². The van der Waals surface area contributed by atoms with Crippen LogP contribution in [0, 0.1) is 13.8 Å². The summed E-state index contributed by atoms with van der Waals surface area (Å²) < 4.78 is 2.02. The lowest BCUT2D eigenvalue weighted by atomic mass is 10.2. The summed E-state index contributed by atoms with van der Waals surface area (Å²) in [5.74, 6) is -0.134. The van der Waals surface area contributed by atoms with E-state index in [2.05, 4.69) is 5.32 Å². The number of benzene rings is 1. The molecule has 0 atom stereocenters. The first-order valence-corrected chi connectivity index (χ1v) is 7.17. The number of nitrogens with one attached hydrogen (secondary N) is 1. The maximum absolute atomic E-state index is 12.0. The van der Waals surface area contributed by atoms with Gasteiger partial charge in [0.05, 0.1) is 0 Å². The number of phenols is 1. The maximum Gasteiger partial charge on any atom is 0.328 e. The van der Waals surface area contributed by atoms with Crippen LogP contribution in [-0.2, 0) is 4.79 Å². The number of rotatable bonds is 2. The van der Waals surface area contributed by atoms with Crippen LogP contribution in [-0.4, -0.2) is 33.6 Å². The Labute approximate surface area is 133 Å². The van der Waals surface area contributed by atoms with Gasteiger partial charge < -0.3 is 15.0 Å².